The highest BCUT2D eigenvalue weighted by Gasteiger charge is 2.22. The van der Waals surface area contributed by atoms with Crippen molar-refractivity contribution in [2.75, 3.05) is 13.2 Å². The van der Waals surface area contributed by atoms with Crippen molar-refractivity contribution < 1.29 is 23.8 Å². The van der Waals surface area contributed by atoms with E-state index in [0.29, 0.717) is 26.1 Å². The molecule has 5 nitrogen and oxygen atoms in total. The lowest BCUT2D eigenvalue weighted by Gasteiger charge is -2.16. The Labute approximate surface area is 95.0 Å². The van der Waals surface area contributed by atoms with E-state index in [4.69, 9.17) is 14.2 Å². The molecule has 0 radical (unpaired) electrons. The molecule has 0 aromatic heterocycles. The molecule has 1 aliphatic heterocycles. The highest BCUT2D eigenvalue weighted by atomic mass is 16.7. The maximum Gasteiger partial charge on any atom is 0.309 e. The van der Waals surface area contributed by atoms with Crippen molar-refractivity contribution in [1.29, 1.82) is 0 Å². The molecule has 0 amide bonds. The first kappa shape index (κ1) is 13.0. The van der Waals surface area contributed by atoms with Gasteiger partial charge in [0, 0.05) is 20.0 Å². The topological polar surface area (TPSA) is 61.8 Å². The minimum absolute atomic E-state index is 0.238. The molecule has 16 heavy (non-hydrogen) atoms. The monoisotopic (exact) mass is 230 g/mol. The molecule has 0 aliphatic carbocycles. The van der Waals surface area contributed by atoms with Gasteiger partial charge in [-0.3, -0.25) is 9.59 Å². The Balaban J connectivity index is 2.27. The SMILES string of the molecule is CCC(OC(C)=O)OC(=O)CC1CCOC1. The van der Waals surface area contributed by atoms with Crippen molar-refractivity contribution >= 4 is 11.9 Å². The van der Waals surface area contributed by atoms with Gasteiger partial charge in [-0.2, -0.15) is 0 Å². The molecular formula is C11H18O5. The summed E-state index contributed by atoms with van der Waals surface area (Å²) in [5, 5.41) is 0. The van der Waals surface area contributed by atoms with Gasteiger partial charge < -0.3 is 14.2 Å². The summed E-state index contributed by atoms with van der Waals surface area (Å²) in [4.78, 5) is 22.2. The average Bonchev–Trinajstić information content (AvgIpc) is 2.68. The molecule has 1 saturated heterocycles. The third kappa shape index (κ3) is 4.61. The smallest absolute Gasteiger partial charge is 0.309 e. The maximum atomic E-state index is 11.5. The van der Waals surface area contributed by atoms with Gasteiger partial charge in [0.15, 0.2) is 0 Å². The predicted molar refractivity (Wildman–Crippen MR) is 55.5 cm³/mol. The lowest BCUT2D eigenvalue weighted by molar-refractivity contribution is -0.187. The second-order valence-electron chi connectivity index (χ2n) is 3.87. The molecular weight excluding hydrogens is 212 g/mol. The van der Waals surface area contributed by atoms with Gasteiger partial charge >= 0.3 is 11.9 Å². The molecule has 0 N–H and O–H groups in total. The first-order chi connectivity index (χ1) is 7.61. The number of esters is 2. The highest BCUT2D eigenvalue weighted by Crippen LogP contribution is 2.17. The van der Waals surface area contributed by atoms with Crippen LogP contribution in [0.1, 0.15) is 33.1 Å². The van der Waals surface area contributed by atoms with Crippen LogP contribution in [0.4, 0.5) is 0 Å². The van der Waals surface area contributed by atoms with Crippen LogP contribution in [0.25, 0.3) is 0 Å². The van der Waals surface area contributed by atoms with Crippen LogP contribution in [0.5, 0.6) is 0 Å². The second-order valence-corrected chi connectivity index (χ2v) is 3.87. The molecule has 0 bridgehead atoms. The molecule has 0 spiro atoms. The fourth-order valence-corrected chi connectivity index (χ4v) is 1.55. The van der Waals surface area contributed by atoms with E-state index >= 15 is 0 Å². The van der Waals surface area contributed by atoms with E-state index in [1.54, 1.807) is 6.92 Å². The van der Waals surface area contributed by atoms with Crippen molar-refractivity contribution in [3.8, 4) is 0 Å². The van der Waals surface area contributed by atoms with Crippen molar-refractivity contribution in [3.05, 3.63) is 0 Å². The Kier molecular flexibility index (Phi) is 5.25. The van der Waals surface area contributed by atoms with E-state index in [1.807, 2.05) is 0 Å². The van der Waals surface area contributed by atoms with E-state index < -0.39 is 12.3 Å². The van der Waals surface area contributed by atoms with Crippen LogP contribution in [0.15, 0.2) is 0 Å². The quantitative estimate of drug-likeness (QED) is 0.525. The number of ether oxygens (including phenoxy) is 3. The predicted octanol–water partition coefficient (Wildman–Crippen LogP) is 1.26. The van der Waals surface area contributed by atoms with E-state index in [2.05, 4.69) is 0 Å². The fourth-order valence-electron chi connectivity index (χ4n) is 1.55. The molecule has 1 fully saturated rings. The van der Waals surface area contributed by atoms with Gasteiger partial charge in [0.05, 0.1) is 13.0 Å². The molecule has 1 heterocycles. The van der Waals surface area contributed by atoms with Gasteiger partial charge in [-0.25, -0.2) is 0 Å². The maximum absolute atomic E-state index is 11.5. The normalized spacial score (nSPS) is 21.5. The number of hydrogen-bond acceptors (Lipinski definition) is 5. The summed E-state index contributed by atoms with van der Waals surface area (Å²) < 4.78 is 15.0. The Hall–Kier alpha value is -1.10. The van der Waals surface area contributed by atoms with E-state index in [-0.39, 0.29) is 11.9 Å². The van der Waals surface area contributed by atoms with Crippen molar-refractivity contribution in [2.45, 2.75) is 39.4 Å². The van der Waals surface area contributed by atoms with Crippen molar-refractivity contribution in [2.24, 2.45) is 5.92 Å². The van der Waals surface area contributed by atoms with Gasteiger partial charge in [-0.05, 0) is 12.3 Å². The van der Waals surface area contributed by atoms with Crippen LogP contribution in [0.2, 0.25) is 0 Å². The van der Waals surface area contributed by atoms with Gasteiger partial charge in [0.2, 0.25) is 6.29 Å². The summed E-state index contributed by atoms with van der Waals surface area (Å²) in [6.45, 7) is 4.40. The number of carbonyl (C=O) groups is 2. The second kappa shape index (κ2) is 6.48. The van der Waals surface area contributed by atoms with E-state index in [9.17, 15) is 9.59 Å². The summed E-state index contributed by atoms with van der Waals surface area (Å²) in [6, 6.07) is 0. The Morgan fingerprint density at radius 3 is 2.69 bits per heavy atom. The van der Waals surface area contributed by atoms with Gasteiger partial charge in [-0.15, -0.1) is 0 Å². The summed E-state index contributed by atoms with van der Waals surface area (Å²) in [5.74, 6) is -0.533. The van der Waals surface area contributed by atoms with Crippen molar-refractivity contribution in [1.82, 2.24) is 0 Å². The average molecular weight is 230 g/mol. The lowest BCUT2D eigenvalue weighted by atomic mass is 10.1. The van der Waals surface area contributed by atoms with Crippen LogP contribution >= 0.6 is 0 Å². The molecule has 2 unspecified atom stereocenters. The zero-order valence-corrected chi connectivity index (χ0v) is 9.73. The van der Waals surface area contributed by atoms with Crippen molar-refractivity contribution in [3.63, 3.8) is 0 Å². The first-order valence-corrected chi connectivity index (χ1v) is 5.56. The third-order valence-corrected chi connectivity index (χ3v) is 2.37. The first-order valence-electron chi connectivity index (χ1n) is 5.56. The van der Waals surface area contributed by atoms with Gasteiger partial charge in [-0.1, -0.05) is 6.92 Å². The Morgan fingerprint density at radius 2 is 2.19 bits per heavy atom. The molecule has 5 heteroatoms. The van der Waals surface area contributed by atoms with Crippen LogP contribution in [-0.2, 0) is 23.8 Å². The van der Waals surface area contributed by atoms with Crippen LogP contribution < -0.4 is 0 Å². The van der Waals surface area contributed by atoms with E-state index in [1.165, 1.54) is 6.92 Å². The lowest BCUT2D eigenvalue weighted by Crippen LogP contribution is -2.24. The van der Waals surface area contributed by atoms with Crippen LogP contribution in [0.3, 0.4) is 0 Å². The number of rotatable bonds is 5. The minimum atomic E-state index is -0.757. The summed E-state index contributed by atoms with van der Waals surface area (Å²) >= 11 is 0. The Morgan fingerprint density at radius 1 is 1.44 bits per heavy atom. The van der Waals surface area contributed by atoms with Gasteiger partial charge in [0.25, 0.3) is 0 Å². The number of hydrogen-bond donors (Lipinski definition) is 0. The van der Waals surface area contributed by atoms with E-state index in [0.717, 1.165) is 6.42 Å². The number of carbonyl (C=O) groups excluding carboxylic acids is 2. The molecule has 1 aliphatic rings. The standard InChI is InChI=1S/C11H18O5/c1-3-11(15-8(2)12)16-10(13)6-9-4-5-14-7-9/h9,11H,3-7H2,1-2H3. The summed E-state index contributed by atoms with van der Waals surface area (Å²) in [6.07, 6.45) is 0.927. The zero-order valence-electron chi connectivity index (χ0n) is 9.73. The summed E-state index contributed by atoms with van der Waals surface area (Å²) in [5.41, 5.74) is 0. The molecule has 0 aromatic carbocycles. The zero-order chi connectivity index (χ0) is 12.0. The third-order valence-electron chi connectivity index (χ3n) is 2.37. The molecule has 0 aromatic rings. The Bertz CT molecular complexity index is 245. The van der Waals surface area contributed by atoms with Crippen LogP contribution in [-0.4, -0.2) is 31.4 Å². The minimum Gasteiger partial charge on any atom is -0.425 e. The summed E-state index contributed by atoms with van der Waals surface area (Å²) in [7, 11) is 0. The van der Waals surface area contributed by atoms with Crippen LogP contribution in [0, 0.1) is 5.92 Å². The largest absolute Gasteiger partial charge is 0.425 e. The molecule has 2 atom stereocenters. The van der Waals surface area contributed by atoms with Gasteiger partial charge in [0.1, 0.15) is 0 Å². The molecule has 92 valence electrons. The fraction of sp³-hybridized carbons (Fsp3) is 0.818. The molecule has 1 rings (SSSR count). The molecule has 0 saturated carbocycles. The highest BCUT2D eigenvalue weighted by molar-refractivity contribution is 5.70.